The van der Waals surface area contributed by atoms with Crippen LogP contribution in [0.1, 0.15) is 43.0 Å². The summed E-state index contributed by atoms with van der Waals surface area (Å²) in [6.07, 6.45) is 4.45. The van der Waals surface area contributed by atoms with Gasteiger partial charge in [-0.3, -0.25) is 9.59 Å². The predicted octanol–water partition coefficient (Wildman–Crippen LogP) is 1.94. The van der Waals surface area contributed by atoms with E-state index >= 15 is 0 Å². The molecule has 0 radical (unpaired) electrons. The second-order valence-corrected chi connectivity index (χ2v) is 4.43. The number of rotatable bonds is 9. The highest BCUT2D eigenvalue weighted by Crippen LogP contribution is 2.13. The Kier molecular flexibility index (Phi) is 7.86. The zero-order valence-corrected chi connectivity index (χ0v) is 12.6. The maximum atomic E-state index is 12.0. The molecule has 0 aliphatic carbocycles. The molecule has 1 heterocycles. The highest BCUT2D eigenvalue weighted by molar-refractivity contribution is 5.96. The van der Waals surface area contributed by atoms with Gasteiger partial charge in [-0.25, -0.2) is 4.98 Å². The largest absolute Gasteiger partial charge is 0.477 e. The van der Waals surface area contributed by atoms with Gasteiger partial charge in [0.25, 0.3) is 5.91 Å². The summed E-state index contributed by atoms with van der Waals surface area (Å²) in [4.78, 5) is 27.0. The minimum absolute atomic E-state index is 0.195. The summed E-state index contributed by atoms with van der Waals surface area (Å²) in [5.41, 5.74) is 0.439. The van der Waals surface area contributed by atoms with Crippen LogP contribution in [0.5, 0.6) is 5.88 Å². The molecule has 6 nitrogen and oxygen atoms in total. The third-order valence-corrected chi connectivity index (χ3v) is 2.87. The van der Waals surface area contributed by atoms with Gasteiger partial charge in [0.15, 0.2) is 0 Å². The van der Waals surface area contributed by atoms with Gasteiger partial charge in [0.2, 0.25) is 5.88 Å². The van der Waals surface area contributed by atoms with Gasteiger partial charge in [-0.2, -0.15) is 0 Å². The molecule has 1 aromatic heterocycles. The van der Waals surface area contributed by atoms with Crippen LogP contribution in [-0.4, -0.2) is 37.1 Å². The zero-order chi connectivity index (χ0) is 15.5. The molecule has 1 rings (SSSR count). The van der Waals surface area contributed by atoms with Crippen LogP contribution in [0.3, 0.4) is 0 Å². The Labute approximate surface area is 124 Å². The number of ether oxygens (including phenoxy) is 2. The van der Waals surface area contributed by atoms with Gasteiger partial charge in [-0.1, -0.05) is 6.42 Å². The summed E-state index contributed by atoms with van der Waals surface area (Å²) in [6, 6.07) is 3.39. The quantitative estimate of drug-likeness (QED) is 0.556. The molecule has 0 fully saturated rings. The molecule has 0 bridgehead atoms. The fraction of sp³-hybridized carbons (Fsp3) is 0.533. The third-order valence-electron chi connectivity index (χ3n) is 2.87. The molecular formula is C15H22N2O4. The summed E-state index contributed by atoms with van der Waals surface area (Å²) in [6.45, 7) is 2.86. The fourth-order valence-corrected chi connectivity index (χ4v) is 1.79. The normalized spacial score (nSPS) is 10.0. The maximum Gasteiger partial charge on any atom is 0.305 e. The van der Waals surface area contributed by atoms with Crippen molar-refractivity contribution in [1.29, 1.82) is 0 Å². The Morgan fingerprint density at radius 3 is 2.81 bits per heavy atom. The second kappa shape index (κ2) is 9.74. The van der Waals surface area contributed by atoms with Crippen molar-refractivity contribution in [2.24, 2.45) is 0 Å². The number of esters is 1. The van der Waals surface area contributed by atoms with E-state index in [1.807, 2.05) is 6.92 Å². The lowest BCUT2D eigenvalue weighted by Crippen LogP contribution is -2.25. The van der Waals surface area contributed by atoms with E-state index in [0.29, 0.717) is 31.0 Å². The van der Waals surface area contributed by atoms with Crippen LogP contribution in [0.15, 0.2) is 18.3 Å². The van der Waals surface area contributed by atoms with Crippen molar-refractivity contribution in [2.75, 3.05) is 20.3 Å². The number of nitrogens with zero attached hydrogens (tertiary/aromatic N) is 1. The molecule has 1 amide bonds. The lowest BCUT2D eigenvalue weighted by Gasteiger charge is -2.09. The number of hydrogen-bond acceptors (Lipinski definition) is 5. The minimum atomic E-state index is -0.198. The molecule has 6 heteroatoms. The minimum Gasteiger partial charge on any atom is -0.477 e. The van der Waals surface area contributed by atoms with E-state index < -0.39 is 0 Å². The maximum absolute atomic E-state index is 12.0. The predicted molar refractivity (Wildman–Crippen MR) is 78.2 cm³/mol. The van der Waals surface area contributed by atoms with Crippen molar-refractivity contribution in [3.8, 4) is 5.88 Å². The Balaban J connectivity index is 2.29. The molecule has 0 aliphatic rings. The van der Waals surface area contributed by atoms with Crippen LogP contribution in [0.25, 0.3) is 0 Å². The topological polar surface area (TPSA) is 77.5 Å². The monoisotopic (exact) mass is 294 g/mol. The van der Waals surface area contributed by atoms with Crippen LogP contribution >= 0.6 is 0 Å². The number of amides is 1. The Morgan fingerprint density at radius 1 is 1.29 bits per heavy atom. The standard InChI is InChI=1S/C15H22N2O4/c1-3-21-15-12(8-7-11-17-15)14(19)16-10-6-4-5-9-13(18)20-2/h7-8,11H,3-6,9-10H2,1-2H3,(H,16,19). The van der Waals surface area contributed by atoms with E-state index in [0.717, 1.165) is 19.3 Å². The zero-order valence-electron chi connectivity index (χ0n) is 12.6. The van der Waals surface area contributed by atoms with Crippen LogP contribution in [0.4, 0.5) is 0 Å². The second-order valence-electron chi connectivity index (χ2n) is 4.43. The van der Waals surface area contributed by atoms with Gasteiger partial charge in [0, 0.05) is 19.2 Å². The first-order valence-electron chi connectivity index (χ1n) is 7.11. The Bertz CT molecular complexity index is 463. The third kappa shape index (κ3) is 6.25. The number of aromatic nitrogens is 1. The first-order chi connectivity index (χ1) is 10.2. The van der Waals surface area contributed by atoms with Gasteiger partial charge in [0.1, 0.15) is 5.56 Å². The van der Waals surface area contributed by atoms with E-state index in [-0.39, 0.29) is 11.9 Å². The molecule has 0 atom stereocenters. The van der Waals surface area contributed by atoms with Crippen molar-refractivity contribution in [2.45, 2.75) is 32.6 Å². The molecule has 0 aromatic carbocycles. The summed E-state index contributed by atoms with van der Waals surface area (Å²) in [5.74, 6) is -0.0431. The number of nitrogens with one attached hydrogen (secondary N) is 1. The number of carbonyl (C=O) groups is 2. The molecule has 116 valence electrons. The van der Waals surface area contributed by atoms with Crippen molar-refractivity contribution in [1.82, 2.24) is 10.3 Å². The van der Waals surface area contributed by atoms with Crippen molar-refractivity contribution < 1.29 is 19.1 Å². The molecule has 0 spiro atoms. The molecule has 1 N–H and O–H groups in total. The molecule has 21 heavy (non-hydrogen) atoms. The highest BCUT2D eigenvalue weighted by Gasteiger charge is 2.12. The number of hydrogen-bond donors (Lipinski definition) is 1. The summed E-state index contributed by atoms with van der Waals surface area (Å²) in [5, 5.41) is 2.82. The van der Waals surface area contributed by atoms with Crippen LogP contribution in [0, 0.1) is 0 Å². The van der Waals surface area contributed by atoms with Crippen molar-refractivity contribution in [3.63, 3.8) is 0 Å². The average molecular weight is 294 g/mol. The first kappa shape index (κ1) is 16.9. The fourth-order valence-electron chi connectivity index (χ4n) is 1.79. The lowest BCUT2D eigenvalue weighted by atomic mass is 10.2. The number of carbonyl (C=O) groups excluding carboxylic acids is 2. The van der Waals surface area contributed by atoms with E-state index in [1.54, 1.807) is 18.3 Å². The van der Waals surface area contributed by atoms with Crippen LogP contribution in [0.2, 0.25) is 0 Å². The van der Waals surface area contributed by atoms with Crippen LogP contribution in [-0.2, 0) is 9.53 Å². The number of unbranched alkanes of at least 4 members (excludes halogenated alkanes) is 2. The smallest absolute Gasteiger partial charge is 0.305 e. The average Bonchev–Trinajstić information content (AvgIpc) is 2.51. The van der Waals surface area contributed by atoms with Gasteiger partial charge >= 0.3 is 5.97 Å². The number of methoxy groups -OCH3 is 1. The highest BCUT2D eigenvalue weighted by atomic mass is 16.5. The first-order valence-corrected chi connectivity index (χ1v) is 7.11. The molecule has 0 saturated carbocycles. The van der Waals surface area contributed by atoms with E-state index in [9.17, 15) is 9.59 Å². The van der Waals surface area contributed by atoms with Crippen molar-refractivity contribution >= 4 is 11.9 Å². The molecular weight excluding hydrogens is 272 g/mol. The van der Waals surface area contributed by atoms with Crippen molar-refractivity contribution in [3.05, 3.63) is 23.9 Å². The Hall–Kier alpha value is -2.11. The van der Waals surface area contributed by atoms with E-state index in [2.05, 4.69) is 15.0 Å². The Morgan fingerprint density at radius 2 is 2.10 bits per heavy atom. The molecule has 1 aromatic rings. The van der Waals surface area contributed by atoms with Gasteiger partial charge in [-0.05, 0) is 31.9 Å². The van der Waals surface area contributed by atoms with E-state index in [4.69, 9.17) is 4.74 Å². The SMILES string of the molecule is CCOc1ncccc1C(=O)NCCCCCC(=O)OC. The lowest BCUT2D eigenvalue weighted by molar-refractivity contribution is -0.140. The van der Waals surface area contributed by atoms with E-state index in [1.165, 1.54) is 7.11 Å². The van der Waals surface area contributed by atoms with Crippen LogP contribution < -0.4 is 10.1 Å². The summed E-state index contributed by atoms with van der Waals surface area (Å²) < 4.78 is 9.88. The van der Waals surface area contributed by atoms with Gasteiger partial charge < -0.3 is 14.8 Å². The molecule has 0 aliphatic heterocycles. The molecule has 0 unspecified atom stereocenters. The summed E-state index contributed by atoms with van der Waals surface area (Å²) >= 11 is 0. The number of pyridine rings is 1. The van der Waals surface area contributed by atoms with Gasteiger partial charge in [0.05, 0.1) is 13.7 Å². The van der Waals surface area contributed by atoms with Gasteiger partial charge in [-0.15, -0.1) is 0 Å². The summed E-state index contributed by atoms with van der Waals surface area (Å²) in [7, 11) is 1.38. The molecule has 0 saturated heterocycles.